The van der Waals surface area contributed by atoms with E-state index in [1.54, 1.807) is 46.6 Å². The van der Waals surface area contributed by atoms with E-state index in [1.165, 1.54) is 27.5 Å². The summed E-state index contributed by atoms with van der Waals surface area (Å²) >= 11 is 6.06. The third kappa shape index (κ3) is 6.93. The number of thioether (sulfide) groups is 1. The minimum atomic E-state index is -0.229. The van der Waals surface area contributed by atoms with Crippen LogP contribution in [-0.2, 0) is 5.75 Å². The van der Waals surface area contributed by atoms with Gasteiger partial charge in [-0.3, -0.25) is 9.93 Å². The van der Waals surface area contributed by atoms with Crippen LogP contribution in [0.15, 0.2) is 99.1 Å². The maximum Gasteiger partial charge on any atom is 0.255 e. The standard InChI is InChI=1S/C20H16N2OS3.C6H6FNS/c1-13-18(17-10-9-16(26-17)15-8-5-11-24-15)21-20(22-19(13)23)25-12-14-6-3-2-4-7-14;7-5-1-3-6(9-8)4-2-5/h2-11H,12H2,1H3,(H,21,22,23);1-4H,8H2. The van der Waals surface area contributed by atoms with E-state index in [0.717, 1.165) is 33.2 Å². The molecule has 0 aliphatic rings. The van der Waals surface area contributed by atoms with Crippen LogP contribution in [0.5, 0.6) is 0 Å². The number of H-pyrrole nitrogens is 1. The second-order valence-electron chi connectivity index (χ2n) is 7.33. The Labute approximate surface area is 219 Å². The van der Waals surface area contributed by atoms with Crippen LogP contribution in [-0.4, -0.2) is 9.97 Å². The molecule has 9 heteroatoms. The SMILES string of the molecule is Cc1c(-c2ccc(-c3cccs3)s2)nc(SCc2ccccc2)[nH]c1=O.NSc1ccc(F)cc1. The van der Waals surface area contributed by atoms with Crippen LogP contribution in [0.4, 0.5) is 4.39 Å². The van der Waals surface area contributed by atoms with Gasteiger partial charge in [-0.1, -0.05) is 48.2 Å². The second-order valence-corrected chi connectivity index (χ2v) is 11.0. The number of thiophene rings is 2. The highest BCUT2D eigenvalue weighted by molar-refractivity contribution is 7.98. The van der Waals surface area contributed by atoms with Crippen molar-refractivity contribution >= 4 is 46.4 Å². The van der Waals surface area contributed by atoms with Crippen molar-refractivity contribution < 1.29 is 4.39 Å². The summed E-state index contributed by atoms with van der Waals surface area (Å²) in [7, 11) is 0. The number of nitrogens with zero attached hydrogens (tertiary/aromatic N) is 1. The highest BCUT2D eigenvalue weighted by Gasteiger charge is 2.13. The lowest BCUT2D eigenvalue weighted by Crippen LogP contribution is -2.13. The molecule has 0 radical (unpaired) electrons. The third-order valence-electron chi connectivity index (χ3n) is 4.90. The summed E-state index contributed by atoms with van der Waals surface area (Å²) in [6.07, 6.45) is 0. The molecular weight excluding hydrogens is 518 g/mol. The molecule has 0 atom stereocenters. The predicted molar refractivity (Wildman–Crippen MR) is 149 cm³/mol. The maximum absolute atomic E-state index is 12.4. The first-order chi connectivity index (χ1) is 17.0. The second kappa shape index (κ2) is 12.3. The van der Waals surface area contributed by atoms with Crippen LogP contribution in [0.1, 0.15) is 11.1 Å². The summed E-state index contributed by atoms with van der Waals surface area (Å²) in [4.78, 5) is 24.3. The van der Waals surface area contributed by atoms with Crippen molar-refractivity contribution in [2.24, 2.45) is 5.14 Å². The number of hydrogen-bond acceptors (Lipinski definition) is 7. The van der Waals surface area contributed by atoms with Crippen LogP contribution in [0.2, 0.25) is 0 Å². The summed E-state index contributed by atoms with van der Waals surface area (Å²) in [6, 6.07) is 24.6. The van der Waals surface area contributed by atoms with E-state index in [9.17, 15) is 9.18 Å². The van der Waals surface area contributed by atoms with Crippen molar-refractivity contribution in [1.29, 1.82) is 0 Å². The molecule has 5 rings (SSSR count). The molecule has 3 heterocycles. The molecule has 0 aliphatic heterocycles. The van der Waals surface area contributed by atoms with E-state index in [-0.39, 0.29) is 11.4 Å². The highest BCUT2D eigenvalue weighted by atomic mass is 32.2. The molecule has 0 spiro atoms. The summed E-state index contributed by atoms with van der Waals surface area (Å²) in [5.41, 5.74) is 2.57. The Morgan fingerprint density at radius 3 is 2.37 bits per heavy atom. The van der Waals surface area contributed by atoms with Crippen molar-refractivity contribution in [3.8, 4) is 20.3 Å². The van der Waals surface area contributed by atoms with E-state index in [2.05, 4.69) is 46.8 Å². The Morgan fingerprint density at radius 1 is 0.943 bits per heavy atom. The predicted octanol–water partition coefficient (Wildman–Crippen LogP) is 7.62. The molecular formula is C26H22FN3OS4. The zero-order chi connectivity index (χ0) is 24.6. The van der Waals surface area contributed by atoms with Crippen LogP contribution < -0.4 is 10.7 Å². The first-order valence-electron chi connectivity index (χ1n) is 10.6. The molecule has 2 aromatic carbocycles. The molecule has 0 saturated carbocycles. The number of hydrogen-bond donors (Lipinski definition) is 2. The van der Waals surface area contributed by atoms with Gasteiger partial charge in [0, 0.05) is 26.0 Å². The van der Waals surface area contributed by atoms with Crippen LogP contribution in [0.3, 0.4) is 0 Å². The smallest absolute Gasteiger partial charge is 0.255 e. The van der Waals surface area contributed by atoms with Gasteiger partial charge in [0.15, 0.2) is 5.16 Å². The number of nitrogens with two attached hydrogens (primary N) is 1. The molecule has 0 amide bonds. The zero-order valence-corrected chi connectivity index (χ0v) is 22.0. The van der Waals surface area contributed by atoms with Crippen LogP contribution in [0.25, 0.3) is 20.3 Å². The molecule has 0 bridgehead atoms. The Hall–Kier alpha value is -2.69. The molecule has 3 aromatic heterocycles. The summed E-state index contributed by atoms with van der Waals surface area (Å²) in [5.74, 6) is 0.546. The van der Waals surface area contributed by atoms with Gasteiger partial charge in [0.05, 0.1) is 10.6 Å². The fourth-order valence-electron chi connectivity index (χ4n) is 3.08. The number of halogens is 1. The van der Waals surface area contributed by atoms with Crippen molar-refractivity contribution in [1.82, 2.24) is 9.97 Å². The lowest BCUT2D eigenvalue weighted by Gasteiger charge is -2.06. The zero-order valence-electron chi connectivity index (χ0n) is 18.7. The van der Waals surface area contributed by atoms with Gasteiger partial charge < -0.3 is 4.98 Å². The average molecular weight is 540 g/mol. The highest BCUT2D eigenvalue weighted by Crippen LogP contribution is 2.36. The summed E-state index contributed by atoms with van der Waals surface area (Å²) in [6.45, 7) is 1.83. The normalized spacial score (nSPS) is 10.6. The fourth-order valence-corrected chi connectivity index (χ4v) is 6.07. The molecule has 0 fully saturated rings. The van der Waals surface area contributed by atoms with Gasteiger partial charge in [-0.15, -0.1) is 22.7 Å². The van der Waals surface area contributed by atoms with Gasteiger partial charge in [0.1, 0.15) is 5.82 Å². The number of aromatic amines is 1. The van der Waals surface area contributed by atoms with E-state index in [4.69, 9.17) is 10.1 Å². The number of rotatable bonds is 6. The van der Waals surface area contributed by atoms with Crippen molar-refractivity contribution in [2.75, 3.05) is 0 Å². The molecule has 0 aliphatic carbocycles. The Morgan fingerprint density at radius 2 is 1.69 bits per heavy atom. The first kappa shape index (κ1) is 25.4. The lowest BCUT2D eigenvalue weighted by molar-refractivity contribution is 0.626. The summed E-state index contributed by atoms with van der Waals surface area (Å²) < 4.78 is 12.2. The quantitative estimate of drug-likeness (QED) is 0.132. The maximum atomic E-state index is 12.4. The number of nitrogens with one attached hydrogen (secondary N) is 1. The summed E-state index contributed by atoms with van der Waals surface area (Å²) in [5, 5.41) is 7.93. The first-order valence-corrected chi connectivity index (χ1v) is 14.1. The molecule has 178 valence electrons. The topological polar surface area (TPSA) is 71.8 Å². The van der Waals surface area contributed by atoms with Gasteiger partial charge in [0.25, 0.3) is 5.56 Å². The lowest BCUT2D eigenvalue weighted by atomic mass is 10.2. The molecule has 3 N–H and O–H groups in total. The van der Waals surface area contributed by atoms with Crippen LogP contribution in [0, 0.1) is 12.7 Å². The molecule has 5 aromatic rings. The average Bonchev–Trinajstić information content (AvgIpc) is 3.59. The van der Waals surface area contributed by atoms with Gasteiger partial charge in [0.2, 0.25) is 0 Å². The Balaban J connectivity index is 0.000000271. The molecule has 0 saturated heterocycles. The van der Waals surface area contributed by atoms with Crippen molar-refractivity contribution in [3.05, 3.63) is 112 Å². The number of benzene rings is 2. The van der Waals surface area contributed by atoms with E-state index in [0.29, 0.717) is 10.7 Å². The fraction of sp³-hybridized carbons (Fsp3) is 0.0769. The number of aromatic nitrogens is 2. The van der Waals surface area contributed by atoms with Crippen molar-refractivity contribution in [2.45, 2.75) is 22.7 Å². The molecule has 4 nitrogen and oxygen atoms in total. The Bertz CT molecular complexity index is 1420. The van der Waals surface area contributed by atoms with Gasteiger partial charge in [-0.25, -0.2) is 9.37 Å². The monoisotopic (exact) mass is 539 g/mol. The van der Waals surface area contributed by atoms with Gasteiger partial charge in [-0.05, 0) is 72.3 Å². The molecule has 35 heavy (non-hydrogen) atoms. The molecule has 0 unspecified atom stereocenters. The van der Waals surface area contributed by atoms with E-state index in [1.807, 2.05) is 25.1 Å². The van der Waals surface area contributed by atoms with E-state index >= 15 is 0 Å². The van der Waals surface area contributed by atoms with Gasteiger partial charge in [-0.2, -0.15) is 0 Å². The third-order valence-corrected chi connectivity index (χ3v) is 8.55. The van der Waals surface area contributed by atoms with E-state index < -0.39 is 0 Å². The minimum Gasteiger partial charge on any atom is -0.301 e. The van der Waals surface area contributed by atoms with Crippen LogP contribution >= 0.6 is 46.4 Å². The largest absolute Gasteiger partial charge is 0.301 e. The minimum absolute atomic E-state index is 0.0726. The van der Waals surface area contributed by atoms with Gasteiger partial charge >= 0.3 is 0 Å². The Kier molecular flexibility index (Phi) is 8.95. The van der Waals surface area contributed by atoms with Crippen molar-refractivity contribution in [3.63, 3.8) is 0 Å².